The molecule has 0 aliphatic carbocycles. The van der Waals surface area contributed by atoms with Gasteiger partial charge < -0.3 is 0 Å². The van der Waals surface area contributed by atoms with Crippen molar-refractivity contribution in [2.75, 3.05) is 0 Å². The highest BCUT2D eigenvalue weighted by Gasteiger charge is 2.13. The van der Waals surface area contributed by atoms with E-state index in [1.165, 1.54) is 22.7 Å². The zero-order chi connectivity index (χ0) is 16.6. The molecule has 0 radical (unpaired) electrons. The van der Waals surface area contributed by atoms with Crippen LogP contribution in [0.5, 0.6) is 0 Å². The number of H-pyrrole nitrogens is 1. The molecule has 0 unspecified atom stereocenters. The van der Waals surface area contributed by atoms with E-state index >= 15 is 0 Å². The van der Waals surface area contributed by atoms with Gasteiger partial charge in [0, 0.05) is 16.7 Å². The summed E-state index contributed by atoms with van der Waals surface area (Å²) in [5.74, 6) is -1.67. The summed E-state index contributed by atoms with van der Waals surface area (Å²) in [5, 5.41) is 11.9. The normalized spacial score (nSPS) is 10.9. The van der Waals surface area contributed by atoms with Crippen LogP contribution in [0.4, 0.5) is 8.78 Å². The van der Waals surface area contributed by atoms with E-state index in [4.69, 9.17) is 5.26 Å². The summed E-state index contributed by atoms with van der Waals surface area (Å²) in [6, 6.07) is 7.20. The van der Waals surface area contributed by atoms with Crippen LogP contribution < -0.4 is 5.56 Å². The minimum atomic E-state index is -0.925. The quantitative estimate of drug-likeness (QED) is 0.749. The maximum atomic E-state index is 13.6. The Morgan fingerprint density at radius 1 is 1.43 bits per heavy atom. The van der Waals surface area contributed by atoms with Crippen LogP contribution >= 0.6 is 11.8 Å². The Kier molecular flexibility index (Phi) is 3.88. The Morgan fingerprint density at radius 3 is 2.96 bits per heavy atom. The van der Waals surface area contributed by atoms with Gasteiger partial charge in [0.05, 0.1) is 11.4 Å². The first-order valence-corrected chi connectivity index (χ1v) is 7.58. The fraction of sp³-hybridized carbons (Fsp3) is 0.133. The molecule has 0 bridgehead atoms. The molecular weight excluding hydrogens is 322 g/mol. The van der Waals surface area contributed by atoms with Gasteiger partial charge in [-0.2, -0.15) is 5.26 Å². The second kappa shape index (κ2) is 5.85. The molecule has 0 saturated heterocycles. The summed E-state index contributed by atoms with van der Waals surface area (Å²) in [7, 11) is 0. The van der Waals surface area contributed by atoms with Crippen molar-refractivity contribution in [1.29, 1.82) is 5.26 Å². The molecular formula is C15H10F2N4OS. The Bertz CT molecular complexity index is 1000. The third-order valence-electron chi connectivity index (χ3n) is 3.25. The fourth-order valence-corrected chi connectivity index (χ4v) is 3.00. The predicted molar refractivity (Wildman–Crippen MR) is 81.2 cm³/mol. The van der Waals surface area contributed by atoms with Crippen molar-refractivity contribution < 1.29 is 8.78 Å². The minimum Gasteiger partial charge on any atom is -0.293 e. The van der Waals surface area contributed by atoms with Crippen molar-refractivity contribution in [3.63, 3.8) is 0 Å². The van der Waals surface area contributed by atoms with Gasteiger partial charge in [-0.15, -0.1) is 11.8 Å². The van der Waals surface area contributed by atoms with Crippen LogP contribution in [0.3, 0.4) is 0 Å². The molecule has 0 aliphatic rings. The Hall–Kier alpha value is -2.66. The number of aryl methyl sites for hydroxylation is 1. The second-order valence-electron chi connectivity index (χ2n) is 4.81. The van der Waals surface area contributed by atoms with Gasteiger partial charge in [0.25, 0.3) is 5.56 Å². The average Bonchev–Trinajstić information content (AvgIpc) is 2.85. The highest BCUT2D eigenvalue weighted by molar-refractivity contribution is 7.98. The van der Waals surface area contributed by atoms with Crippen molar-refractivity contribution in [2.24, 2.45) is 0 Å². The third-order valence-corrected chi connectivity index (χ3v) is 4.32. The number of nitrogens with zero attached hydrogens (tertiary/aromatic N) is 3. The number of nitrogens with one attached hydrogen (secondary N) is 1. The van der Waals surface area contributed by atoms with Crippen LogP contribution in [0.15, 0.2) is 34.0 Å². The van der Waals surface area contributed by atoms with Crippen molar-refractivity contribution in [3.05, 3.63) is 63.2 Å². The van der Waals surface area contributed by atoms with E-state index in [1.54, 1.807) is 6.92 Å². The zero-order valence-corrected chi connectivity index (χ0v) is 12.7. The van der Waals surface area contributed by atoms with Crippen LogP contribution in [0.2, 0.25) is 0 Å². The number of aromatic nitrogens is 3. The molecule has 0 atom stereocenters. The Morgan fingerprint density at radius 2 is 2.22 bits per heavy atom. The van der Waals surface area contributed by atoms with Gasteiger partial charge in [-0.3, -0.25) is 9.89 Å². The molecule has 3 rings (SSSR count). The molecule has 8 heteroatoms. The lowest BCUT2D eigenvalue weighted by molar-refractivity contribution is 0.491. The van der Waals surface area contributed by atoms with Gasteiger partial charge >= 0.3 is 0 Å². The molecule has 0 fully saturated rings. The first-order valence-electron chi connectivity index (χ1n) is 6.59. The van der Waals surface area contributed by atoms with Crippen LogP contribution in [0, 0.1) is 29.9 Å². The van der Waals surface area contributed by atoms with Crippen molar-refractivity contribution in [3.8, 4) is 6.07 Å². The van der Waals surface area contributed by atoms with E-state index < -0.39 is 11.6 Å². The number of hydrogen-bond donors (Lipinski definition) is 1. The van der Waals surface area contributed by atoms with Gasteiger partial charge in [0.2, 0.25) is 0 Å². The Labute approximate surface area is 133 Å². The van der Waals surface area contributed by atoms with Gasteiger partial charge in [0.15, 0.2) is 17.3 Å². The number of fused-ring (bicyclic) bond motifs is 1. The largest absolute Gasteiger partial charge is 0.293 e. The summed E-state index contributed by atoms with van der Waals surface area (Å²) in [5.41, 5.74) is 1.07. The molecule has 0 spiro atoms. The standard InChI is InChI=1S/C15H10F2N4OS/c1-8-10(6-18)15-19-9(5-13(22)21(15)20-8)7-23-12-4-2-3-11(16)14(12)17/h2-5,20H,7H2,1H3. The second-order valence-corrected chi connectivity index (χ2v) is 5.83. The van der Waals surface area contributed by atoms with Crippen molar-refractivity contribution in [2.45, 2.75) is 17.6 Å². The number of benzene rings is 1. The summed E-state index contributed by atoms with van der Waals surface area (Å²) in [6.07, 6.45) is 0. The third kappa shape index (κ3) is 2.71. The molecule has 1 aromatic carbocycles. The van der Waals surface area contributed by atoms with Crippen LogP contribution in [-0.2, 0) is 5.75 Å². The molecule has 1 N–H and O–H groups in total. The summed E-state index contributed by atoms with van der Waals surface area (Å²) >= 11 is 1.03. The summed E-state index contributed by atoms with van der Waals surface area (Å²) < 4.78 is 28.0. The number of halogens is 2. The molecule has 3 aromatic rings. The Balaban J connectivity index is 1.96. The topological polar surface area (TPSA) is 73.9 Å². The minimum absolute atomic E-state index is 0.137. The van der Waals surface area contributed by atoms with Gasteiger partial charge in [0.1, 0.15) is 11.6 Å². The smallest absolute Gasteiger partial charge is 0.272 e. The number of aromatic amines is 1. The fourth-order valence-electron chi connectivity index (χ4n) is 2.15. The van der Waals surface area contributed by atoms with Gasteiger partial charge in [-0.05, 0) is 19.1 Å². The number of hydrogen-bond acceptors (Lipinski definition) is 4. The van der Waals surface area contributed by atoms with Gasteiger partial charge in [-0.25, -0.2) is 18.3 Å². The first-order chi connectivity index (χ1) is 11.0. The maximum absolute atomic E-state index is 13.6. The molecule has 23 heavy (non-hydrogen) atoms. The van der Waals surface area contributed by atoms with E-state index in [0.29, 0.717) is 11.4 Å². The molecule has 5 nitrogen and oxygen atoms in total. The van der Waals surface area contributed by atoms with Crippen molar-refractivity contribution >= 4 is 17.4 Å². The lowest BCUT2D eigenvalue weighted by Crippen LogP contribution is -2.15. The molecule has 2 aromatic heterocycles. The van der Waals surface area contributed by atoms with Crippen molar-refractivity contribution in [1.82, 2.24) is 14.6 Å². The molecule has 116 valence electrons. The number of thioether (sulfide) groups is 1. The maximum Gasteiger partial charge on any atom is 0.272 e. The predicted octanol–water partition coefficient (Wildman–Crippen LogP) is 2.77. The van der Waals surface area contributed by atoms with E-state index in [2.05, 4.69) is 10.1 Å². The molecule has 0 saturated carbocycles. The SMILES string of the molecule is Cc1[nH]n2c(=O)cc(CSc3cccc(F)c3F)nc2c1C#N. The average molecular weight is 332 g/mol. The first kappa shape index (κ1) is 15.2. The highest BCUT2D eigenvalue weighted by Crippen LogP contribution is 2.26. The zero-order valence-electron chi connectivity index (χ0n) is 11.9. The van der Waals surface area contributed by atoms with E-state index in [0.717, 1.165) is 17.8 Å². The number of rotatable bonds is 3. The van der Waals surface area contributed by atoms with E-state index in [9.17, 15) is 13.6 Å². The lowest BCUT2D eigenvalue weighted by Gasteiger charge is -2.04. The molecule has 0 aliphatic heterocycles. The van der Waals surface area contributed by atoms with E-state index in [-0.39, 0.29) is 27.4 Å². The van der Waals surface area contributed by atoms with Crippen LogP contribution in [0.1, 0.15) is 17.0 Å². The monoisotopic (exact) mass is 332 g/mol. The van der Waals surface area contributed by atoms with Gasteiger partial charge in [-0.1, -0.05) is 6.07 Å². The number of nitriles is 1. The summed E-state index contributed by atoms with van der Waals surface area (Å²) in [6.45, 7) is 1.67. The van der Waals surface area contributed by atoms with E-state index in [1.807, 2.05) is 6.07 Å². The summed E-state index contributed by atoms with van der Waals surface area (Å²) in [4.78, 5) is 16.5. The molecule has 2 heterocycles. The molecule has 0 amide bonds. The highest BCUT2D eigenvalue weighted by atomic mass is 32.2. The van der Waals surface area contributed by atoms with Crippen LogP contribution in [0.25, 0.3) is 5.65 Å². The lowest BCUT2D eigenvalue weighted by atomic mass is 10.3. The van der Waals surface area contributed by atoms with Crippen LogP contribution in [-0.4, -0.2) is 14.6 Å².